The average Bonchev–Trinajstić information content (AvgIpc) is 2.42. The Morgan fingerprint density at radius 1 is 1.10 bits per heavy atom. The predicted molar refractivity (Wildman–Crippen MR) is 69.5 cm³/mol. The molecule has 0 spiro atoms. The third kappa shape index (κ3) is 2.91. The molecule has 0 radical (unpaired) electrons. The summed E-state index contributed by atoms with van der Waals surface area (Å²) in [6.45, 7) is 1.66. The number of nitrogens with zero attached hydrogens (tertiary/aromatic N) is 1. The maximum atomic E-state index is 13.7. The molecule has 0 saturated carbocycles. The Bertz CT molecular complexity index is 654. The van der Waals surface area contributed by atoms with E-state index in [1.54, 1.807) is 19.1 Å². The quantitative estimate of drug-likeness (QED) is 0.914. The van der Waals surface area contributed by atoms with Crippen molar-refractivity contribution in [2.45, 2.75) is 13.0 Å². The van der Waals surface area contributed by atoms with Crippen LogP contribution < -0.4 is 5.32 Å². The SMILES string of the molecule is CC(Nc1c(F)cc(C#N)cc1F)c1cccc(F)c1. The van der Waals surface area contributed by atoms with Crippen LogP contribution in [0.5, 0.6) is 0 Å². The number of anilines is 1. The monoisotopic (exact) mass is 276 g/mol. The summed E-state index contributed by atoms with van der Waals surface area (Å²) in [5.41, 5.74) is 0.137. The van der Waals surface area contributed by atoms with E-state index in [2.05, 4.69) is 5.32 Å². The fourth-order valence-corrected chi connectivity index (χ4v) is 1.85. The number of benzene rings is 2. The molecule has 2 aromatic carbocycles. The third-order valence-electron chi connectivity index (χ3n) is 2.88. The van der Waals surface area contributed by atoms with E-state index in [-0.39, 0.29) is 11.3 Å². The molecule has 0 aromatic heterocycles. The lowest BCUT2D eigenvalue weighted by atomic mass is 10.1. The van der Waals surface area contributed by atoms with Gasteiger partial charge < -0.3 is 5.32 Å². The molecule has 0 aliphatic heterocycles. The molecule has 102 valence electrons. The van der Waals surface area contributed by atoms with E-state index >= 15 is 0 Å². The second-order valence-electron chi connectivity index (χ2n) is 4.35. The zero-order valence-corrected chi connectivity index (χ0v) is 10.6. The Morgan fingerprint density at radius 3 is 2.30 bits per heavy atom. The molecular formula is C15H11F3N2. The number of hydrogen-bond acceptors (Lipinski definition) is 2. The summed E-state index contributed by atoms with van der Waals surface area (Å²) in [6.07, 6.45) is 0. The number of nitriles is 1. The summed E-state index contributed by atoms with van der Waals surface area (Å²) in [5, 5.41) is 11.3. The molecule has 1 N–H and O–H groups in total. The first kappa shape index (κ1) is 13.9. The normalized spacial score (nSPS) is 11.8. The fraction of sp³-hybridized carbons (Fsp3) is 0.133. The second-order valence-corrected chi connectivity index (χ2v) is 4.35. The maximum absolute atomic E-state index is 13.7. The van der Waals surface area contributed by atoms with E-state index in [4.69, 9.17) is 5.26 Å². The van der Waals surface area contributed by atoms with Gasteiger partial charge in [0.2, 0.25) is 0 Å². The van der Waals surface area contributed by atoms with Crippen molar-refractivity contribution in [3.8, 4) is 6.07 Å². The lowest BCUT2D eigenvalue weighted by Crippen LogP contribution is -2.10. The highest BCUT2D eigenvalue weighted by molar-refractivity contribution is 5.51. The van der Waals surface area contributed by atoms with E-state index in [0.717, 1.165) is 12.1 Å². The van der Waals surface area contributed by atoms with Crippen molar-refractivity contribution < 1.29 is 13.2 Å². The first-order valence-electron chi connectivity index (χ1n) is 5.92. The zero-order chi connectivity index (χ0) is 14.7. The molecule has 0 fully saturated rings. The van der Waals surface area contributed by atoms with Crippen molar-refractivity contribution in [3.05, 3.63) is 65.0 Å². The van der Waals surface area contributed by atoms with Crippen LogP contribution in [0.3, 0.4) is 0 Å². The van der Waals surface area contributed by atoms with Gasteiger partial charge in [-0.25, -0.2) is 13.2 Å². The number of rotatable bonds is 3. The number of hydrogen-bond donors (Lipinski definition) is 1. The van der Waals surface area contributed by atoms with Gasteiger partial charge in [-0.2, -0.15) is 5.26 Å². The van der Waals surface area contributed by atoms with Gasteiger partial charge in [-0.15, -0.1) is 0 Å². The standard InChI is InChI=1S/C15H11F3N2/c1-9(11-3-2-4-12(16)7-11)20-15-13(17)5-10(8-19)6-14(15)18/h2-7,9,20H,1H3. The Balaban J connectivity index is 2.29. The lowest BCUT2D eigenvalue weighted by Gasteiger charge is -2.17. The van der Waals surface area contributed by atoms with Crippen molar-refractivity contribution in [3.63, 3.8) is 0 Å². The molecule has 0 bridgehead atoms. The molecule has 0 aliphatic rings. The average molecular weight is 276 g/mol. The minimum absolute atomic E-state index is 0.0936. The largest absolute Gasteiger partial charge is 0.374 e. The second kappa shape index (κ2) is 5.66. The van der Waals surface area contributed by atoms with Crippen LogP contribution in [0.4, 0.5) is 18.9 Å². The van der Waals surface area contributed by atoms with Crippen molar-refractivity contribution in [2.75, 3.05) is 5.32 Å². The molecule has 1 atom stereocenters. The van der Waals surface area contributed by atoms with Crippen molar-refractivity contribution in [1.29, 1.82) is 5.26 Å². The van der Waals surface area contributed by atoms with Gasteiger partial charge in [-0.3, -0.25) is 0 Å². The molecule has 2 nitrogen and oxygen atoms in total. The zero-order valence-electron chi connectivity index (χ0n) is 10.6. The van der Waals surface area contributed by atoms with E-state index in [0.29, 0.717) is 5.56 Å². The minimum Gasteiger partial charge on any atom is -0.374 e. The molecule has 2 rings (SSSR count). The smallest absolute Gasteiger partial charge is 0.150 e. The van der Waals surface area contributed by atoms with Gasteiger partial charge in [-0.1, -0.05) is 12.1 Å². The summed E-state index contributed by atoms with van der Waals surface area (Å²) in [6, 6.07) is 8.84. The van der Waals surface area contributed by atoms with Crippen LogP contribution in [-0.4, -0.2) is 0 Å². The molecule has 0 amide bonds. The van der Waals surface area contributed by atoms with E-state index in [1.165, 1.54) is 18.2 Å². The van der Waals surface area contributed by atoms with Crippen LogP contribution in [0.15, 0.2) is 36.4 Å². The van der Waals surface area contributed by atoms with Gasteiger partial charge in [-0.05, 0) is 36.8 Å². The molecule has 0 heterocycles. The topological polar surface area (TPSA) is 35.8 Å². The van der Waals surface area contributed by atoms with E-state index < -0.39 is 23.5 Å². The van der Waals surface area contributed by atoms with E-state index in [1.807, 2.05) is 0 Å². The molecule has 20 heavy (non-hydrogen) atoms. The third-order valence-corrected chi connectivity index (χ3v) is 2.88. The Morgan fingerprint density at radius 2 is 1.75 bits per heavy atom. The van der Waals surface area contributed by atoms with Crippen molar-refractivity contribution >= 4 is 5.69 Å². The molecule has 5 heteroatoms. The Kier molecular flexibility index (Phi) is 3.94. The van der Waals surface area contributed by atoms with Gasteiger partial charge in [0, 0.05) is 6.04 Å². The Labute approximate surface area is 114 Å². The van der Waals surface area contributed by atoms with Crippen LogP contribution >= 0.6 is 0 Å². The highest BCUT2D eigenvalue weighted by Crippen LogP contribution is 2.25. The first-order chi connectivity index (χ1) is 9.51. The summed E-state index contributed by atoms with van der Waals surface area (Å²) in [7, 11) is 0. The van der Waals surface area contributed by atoms with Crippen LogP contribution in [-0.2, 0) is 0 Å². The summed E-state index contributed by atoms with van der Waals surface area (Å²) in [4.78, 5) is 0. The van der Waals surface area contributed by atoms with Crippen LogP contribution in [0.25, 0.3) is 0 Å². The van der Waals surface area contributed by atoms with Crippen LogP contribution in [0.1, 0.15) is 24.1 Å². The summed E-state index contributed by atoms with van der Waals surface area (Å²) < 4.78 is 40.6. The van der Waals surface area contributed by atoms with Crippen molar-refractivity contribution in [1.82, 2.24) is 0 Å². The summed E-state index contributed by atoms with van der Waals surface area (Å²) in [5.74, 6) is -2.13. The van der Waals surface area contributed by atoms with Gasteiger partial charge in [0.05, 0.1) is 11.6 Å². The first-order valence-corrected chi connectivity index (χ1v) is 5.92. The molecule has 0 aliphatic carbocycles. The molecule has 0 saturated heterocycles. The highest BCUT2D eigenvalue weighted by Gasteiger charge is 2.14. The predicted octanol–water partition coefficient (Wildman–Crippen LogP) is 4.15. The highest BCUT2D eigenvalue weighted by atomic mass is 19.1. The van der Waals surface area contributed by atoms with E-state index in [9.17, 15) is 13.2 Å². The maximum Gasteiger partial charge on any atom is 0.150 e. The fourth-order valence-electron chi connectivity index (χ4n) is 1.85. The molecule has 1 unspecified atom stereocenters. The van der Waals surface area contributed by atoms with Crippen molar-refractivity contribution in [2.24, 2.45) is 0 Å². The number of nitrogens with one attached hydrogen (secondary N) is 1. The number of halogens is 3. The molecule has 2 aromatic rings. The minimum atomic E-state index is -0.857. The lowest BCUT2D eigenvalue weighted by molar-refractivity contribution is 0.583. The summed E-state index contributed by atoms with van der Waals surface area (Å²) >= 11 is 0. The van der Waals surface area contributed by atoms with Gasteiger partial charge in [0.15, 0.2) is 11.6 Å². The molecular weight excluding hydrogens is 265 g/mol. The van der Waals surface area contributed by atoms with Gasteiger partial charge >= 0.3 is 0 Å². The van der Waals surface area contributed by atoms with Gasteiger partial charge in [0.1, 0.15) is 11.5 Å². The van der Waals surface area contributed by atoms with Crippen LogP contribution in [0.2, 0.25) is 0 Å². The Hall–Kier alpha value is -2.48. The van der Waals surface area contributed by atoms with Crippen LogP contribution in [0, 0.1) is 28.8 Å². The van der Waals surface area contributed by atoms with Gasteiger partial charge in [0.25, 0.3) is 0 Å².